The van der Waals surface area contributed by atoms with E-state index in [0.717, 1.165) is 7.11 Å². The van der Waals surface area contributed by atoms with E-state index >= 15 is 0 Å². The van der Waals surface area contributed by atoms with Crippen LogP contribution in [0.5, 0.6) is 0 Å². The molecule has 0 aromatic heterocycles. The van der Waals surface area contributed by atoms with E-state index in [9.17, 15) is 21.9 Å². The van der Waals surface area contributed by atoms with Gasteiger partial charge in [0.1, 0.15) is 16.9 Å². The van der Waals surface area contributed by atoms with Gasteiger partial charge in [0.25, 0.3) is 0 Å². The molecule has 10 heteroatoms. The lowest BCUT2D eigenvalue weighted by Crippen LogP contribution is -2.27. The van der Waals surface area contributed by atoms with Crippen molar-refractivity contribution in [2.45, 2.75) is 11.6 Å². The zero-order valence-corrected chi connectivity index (χ0v) is 9.23. The van der Waals surface area contributed by atoms with Crippen molar-refractivity contribution in [3.63, 3.8) is 0 Å². The summed E-state index contributed by atoms with van der Waals surface area (Å²) in [7, 11) is -5.72. The molecule has 90 valence electrons. The van der Waals surface area contributed by atoms with Crippen LogP contribution in [0.4, 0.5) is 13.2 Å². The molecule has 3 atom stereocenters. The Kier molecular flexibility index (Phi) is 3.94. The second-order valence-corrected chi connectivity index (χ2v) is 5.83. The molecule has 1 aliphatic rings. The highest BCUT2D eigenvalue weighted by molar-refractivity contribution is 7.85. The Balaban J connectivity index is 2.50. The zero-order valence-electron chi connectivity index (χ0n) is 7.52. The SMILES string of the molecule is COP1(=O)OCC(CS(=O)C(F)(F)F)O1. The van der Waals surface area contributed by atoms with E-state index in [1.165, 1.54) is 0 Å². The van der Waals surface area contributed by atoms with Crippen molar-refractivity contribution >= 4 is 18.6 Å². The average molecular weight is 268 g/mol. The second-order valence-electron chi connectivity index (χ2n) is 2.61. The van der Waals surface area contributed by atoms with Crippen molar-refractivity contribution in [1.82, 2.24) is 0 Å². The fraction of sp³-hybridized carbons (Fsp3) is 1.00. The van der Waals surface area contributed by atoms with Crippen LogP contribution in [-0.4, -0.2) is 35.3 Å². The smallest absolute Gasteiger partial charge is 0.290 e. The summed E-state index contributed by atoms with van der Waals surface area (Å²) < 4.78 is 70.9. The molecule has 15 heavy (non-hydrogen) atoms. The highest BCUT2D eigenvalue weighted by Gasteiger charge is 2.43. The minimum absolute atomic E-state index is 0.326. The molecule has 1 fully saturated rings. The van der Waals surface area contributed by atoms with E-state index in [0.29, 0.717) is 0 Å². The van der Waals surface area contributed by atoms with E-state index in [-0.39, 0.29) is 6.61 Å². The van der Waals surface area contributed by atoms with Gasteiger partial charge in [-0.1, -0.05) is 0 Å². The Morgan fingerprint density at radius 3 is 2.60 bits per heavy atom. The van der Waals surface area contributed by atoms with Gasteiger partial charge in [0.15, 0.2) is 0 Å². The van der Waals surface area contributed by atoms with Crippen LogP contribution in [0, 0.1) is 0 Å². The van der Waals surface area contributed by atoms with E-state index in [4.69, 9.17) is 0 Å². The molecular weight excluding hydrogens is 260 g/mol. The highest BCUT2D eigenvalue weighted by Crippen LogP contribution is 2.54. The van der Waals surface area contributed by atoms with Crippen LogP contribution >= 0.6 is 7.82 Å². The lowest BCUT2D eigenvalue weighted by Gasteiger charge is -2.10. The second kappa shape index (κ2) is 4.50. The Hall–Kier alpha value is 0.0500. The van der Waals surface area contributed by atoms with Gasteiger partial charge in [0.05, 0.1) is 12.4 Å². The van der Waals surface area contributed by atoms with Crippen molar-refractivity contribution in [3.8, 4) is 0 Å². The number of rotatable bonds is 3. The zero-order chi connectivity index (χ0) is 11.7. The monoisotopic (exact) mass is 268 g/mol. The maximum Gasteiger partial charge on any atom is 0.474 e. The molecule has 0 aromatic carbocycles. The minimum atomic E-state index is -4.80. The molecule has 0 bridgehead atoms. The number of halogens is 3. The summed E-state index contributed by atoms with van der Waals surface area (Å²) >= 11 is 0. The molecule has 0 saturated carbocycles. The molecular formula is C5H8F3O5PS. The van der Waals surface area contributed by atoms with Crippen LogP contribution in [0.15, 0.2) is 0 Å². The normalized spacial score (nSPS) is 34.3. The first-order chi connectivity index (χ1) is 6.77. The van der Waals surface area contributed by atoms with Crippen LogP contribution in [0.1, 0.15) is 0 Å². The molecule has 1 saturated heterocycles. The molecule has 0 amide bonds. The van der Waals surface area contributed by atoms with Gasteiger partial charge in [-0.3, -0.25) is 17.8 Å². The van der Waals surface area contributed by atoms with Crippen LogP contribution in [0.25, 0.3) is 0 Å². The number of hydrogen-bond acceptors (Lipinski definition) is 5. The Bertz CT molecular complexity index is 306. The summed E-state index contributed by atoms with van der Waals surface area (Å²) in [6, 6.07) is 0. The number of hydrogen-bond donors (Lipinski definition) is 0. The third-order valence-corrected chi connectivity index (χ3v) is 4.18. The van der Waals surface area contributed by atoms with Crippen molar-refractivity contribution in [3.05, 3.63) is 0 Å². The van der Waals surface area contributed by atoms with Crippen molar-refractivity contribution < 1.29 is 35.5 Å². The van der Waals surface area contributed by atoms with Gasteiger partial charge >= 0.3 is 13.3 Å². The first-order valence-corrected chi connectivity index (χ1v) is 6.49. The molecule has 0 spiro atoms. The minimum Gasteiger partial charge on any atom is -0.290 e. The van der Waals surface area contributed by atoms with Gasteiger partial charge in [-0.2, -0.15) is 13.2 Å². The summed E-state index contributed by atoms with van der Waals surface area (Å²) in [5, 5.41) is 0. The largest absolute Gasteiger partial charge is 0.474 e. The number of alkyl halides is 3. The Labute approximate surface area is 86.0 Å². The summed E-state index contributed by atoms with van der Waals surface area (Å²) in [6.45, 7) is -0.326. The van der Waals surface area contributed by atoms with Gasteiger partial charge in [-0.05, 0) is 0 Å². The molecule has 0 aromatic rings. The predicted octanol–water partition coefficient (Wildman–Crippen LogP) is 1.42. The van der Waals surface area contributed by atoms with E-state index in [1.54, 1.807) is 0 Å². The predicted molar refractivity (Wildman–Crippen MR) is 44.5 cm³/mol. The van der Waals surface area contributed by atoms with Gasteiger partial charge in [-0.25, -0.2) is 4.57 Å². The maximum absolute atomic E-state index is 11.9. The van der Waals surface area contributed by atoms with E-state index in [2.05, 4.69) is 13.6 Å². The summed E-state index contributed by atoms with van der Waals surface area (Å²) in [5.74, 6) is -0.809. The lowest BCUT2D eigenvalue weighted by molar-refractivity contribution is -0.0389. The third-order valence-electron chi connectivity index (χ3n) is 1.52. The fourth-order valence-corrected chi connectivity index (χ4v) is 2.75. The van der Waals surface area contributed by atoms with Crippen LogP contribution < -0.4 is 0 Å². The van der Waals surface area contributed by atoms with Gasteiger partial charge in [-0.15, -0.1) is 0 Å². The van der Waals surface area contributed by atoms with Crippen molar-refractivity contribution in [2.75, 3.05) is 19.5 Å². The van der Waals surface area contributed by atoms with Crippen LogP contribution in [0.2, 0.25) is 0 Å². The topological polar surface area (TPSA) is 61.8 Å². The summed E-state index contributed by atoms with van der Waals surface area (Å²) in [6.07, 6.45) is -1.13. The molecule has 1 aliphatic heterocycles. The van der Waals surface area contributed by atoms with Crippen LogP contribution in [-0.2, 0) is 28.9 Å². The van der Waals surface area contributed by atoms with E-state index in [1.807, 2.05) is 0 Å². The molecule has 5 nitrogen and oxygen atoms in total. The van der Waals surface area contributed by atoms with Gasteiger partial charge < -0.3 is 0 Å². The molecule has 0 N–H and O–H groups in total. The fourth-order valence-electron chi connectivity index (χ4n) is 0.855. The standard InChI is InChI=1S/C5H8F3O5PS/c1-11-14(9)12-2-4(13-14)3-15(10)5(6,7)8/h4H,2-3H2,1H3. The lowest BCUT2D eigenvalue weighted by atomic mass is 10.4. The third kappa shape index (κ3) is 3.53. The van der Waals surface area contributed by atoms with Crippen molar-refractivity contribution in [1.29, 1.82) is 0 Å². The molecule has 0 radical (unpaired) electrons. The van der Waals surface area contributed by atoms with E-state index < -0.39 is 36.0 Å². The van der Waals surface area contributed by atoms with Gasteiger partial charge in [0.2, 0.25) is 0 Å². The average Bonchev–Trinajstić information content (AvgIpc) is 2.47. The van der Waals surface area contributed by atoms with Crippen molar-refractivity contribution in [2.24, 2.45) is 0 Å². The number of phosphoric ester groups is 1. The highest BCUT2D eigenvalue weighted by atomic mass is 32.2. The first-order valence-electron chi connectivity index (χ1n) is 3.71. The molecule has 1 heterocycles. The Morgan fingerprint density at radius 1 is 1.60 bits per heavy atom. The summed E-state index contributed by atoms with van der Waals surface area (Å²) in [4.78, 5) is 0. The first kappa shape index (κ1) is 13.1. The Morgan fingerprint density at radius 2 is 2.20 bits per heavy atom. The summed E-state index contributed by atoms with van der Waals surface area (Å²) in [5.41, 5.74) is -4.80. The number of phosphoric acid groups is 1. The quantitative estimate of drug-likeness (QED) is 0.724. The van der Waals surface area contributed by atoms with Crippen LogP contribution in [0.3, 0.4) is 0 Å². The maximum atomic E-state index is 11.9. The molecule has 1 rings (SSSR count). The molecule has 3 unspecified atom stereocenters. The van der Waals surface area contributed by atoms with Gasteiger partial charge in [0, 0.05) is 7.11 Å². The molecule has 0 aliphatic carbocycles.